The van der Waals surface area contributed by atoms with Crippen LogP contribution in [0.4, 0.5) is 4.39 Å². The van der Waals surface area contributed by atoms with Crippen molar-refractivity contribution >= 4 is 5.91 Å². The monoisotopic (exact) mass is 181 g/mol. The minimum absolute atomic E-state index is 0.0141. The summed E-state index contributed by atoms with van der Waals surface area (Å²) < 4.78 is 11.7. The molecule has 0 atom stereocenters. The smallest absolute Gasteiger partial charge is 0.267 e. The van der Waals surface area contributed by atoms with Crippen molar-refractivity contribution in [3.05, 3.63) is 23.5 Å². The molecule has 5 heteroatoms. The van der Waals surface area contributed by atoms with Gasteiger partial charge in [-0.3, -0.25) is 4.79 Å². The SMILES string of the molecule is N#Cc1c[nH]c(C(=O)NCCF)c1. The lowest BCUT2D eigenvalue weighted by atomic mass is 10.3. The van der Waals surface area contributed by atoms with E-state index in [0.29, 0.717) is 5.56 Å². The summed E-state index contributed by atoms with van der Waals surface area (Å²) in [5, 5.41) is 10.8. The number of hydrogen-bond donors (Lipinski definition) is 2. The third kappa shape index (κ3) is 2.30. The molecule has 2 N–H and O–H groups in total. The van der Waals surface area contributed by atoms with Gasteiger partial charge in [-0.25, -0.2) is 4.39 Å². The lowest BCUT2D eigenvalue weighted by Gasteiger charge is -1.98. The van der Waals surface area contributed by atoms with Crippen LogP contribution in [0.5, 0.6) is 0 Å². The summed E-state index contributed by atoms with van der Waals surface area (Å²) in [6.07, 6.45) is 1.42. The van der Waals surface area contributed by atoms with E-state index in [-0.39, 0.29) is 12.2 Å². The van der Waals surface area contributed by atoms with E-state index in [1.165, 1.54) is 12.3 Å². The highest BCUT2D eigenvalue weighted by Crippen LogP contribution is 2.00. The molecule has 0 aromatic carbocycles. The Morgan fingerprint density at radius 2 is 2.54 bits per heavy atom. The number of nitrogens with zero attached hydrogens (tertiary/aromatic N) is 1. The van der Waals surface area contributed by atoms with Crippen LogP contribution in [0.25, 0.3) is 0 Å². The van der Waals surface area contributed by atoms with Gasteiger partial charge in [-0.2, -0.15) is 5.26 Å². The highest BCUT2D eigenvalue weighted by Gasteiger charge is 2.06. The van der Waals surface area contributed by atoms with Gasteiger partial charge in [0.15, 0.2) is 0 Å². The van der Waals surface area contributed by atoms with Gasteiger partial charge in [0, 0.05) is 12.7 Å². The van der Waals surface area contributed by atoms with E-state index >= 15 is 0 Å². The van der Waals surface area contributed by atoms with E-state index in [1.807, 2.05) is 6.07 Å². The van der Waals surface area contributed by atoms with Crippen LogP contribution in [0, 0.1) is 11.3 Å². The van der Waals surface area contributed by atoms with Gasteiger partial charge in [0.1, 0.15) is 18.4 Å². The first-order valence-electron chi connectivity index (χ1n) is 3.70. The number of amides is 1. The van der Waals surface area contributed by atoms with Crippen LogP contribution in [0.15, 0.2) is 12.3 Å². The van der Waals surface area contributed by atoms with Gasteiger partial charge >= 0.3 is 0 Å². The van der Waals surface area contributed by atoms with E-state index in [4.69, 9.17) is 5.26 Å². The first-order chi connectivity index (χ1) is 6.27. The lowest BCUT2D eigenvalue weighted by Crippen LogP contribution is -2.25. The molecule has 0 aliphatic rings. The quantitative estimate of drug-likeness (QED) is 0.716. The van der Waals surface area contributed by atoms with Gasteiger partial charge in [0.05, 0.1) is 5.56 Å². The van der Waals surface area contributed by atoms with Crippen LogP contribution < -0.4 is 5.32 Å². The summed E-state index contributed by atoms with van der Waals surface area (Å²) in [4.78, 5) is 13.7. The number of halogens is 1. The van der Waals surface area contributed by atoms with Crippen LogP contribution >= 0.6 is 0 Å². The second-order valence-electron chi connectivity index (χ2n) is 2.36. The fraction of sp³-hybridized carbons (Fsp3) is 0.250. The van der Waals surface area contributed by atoms with Crippen molar-refractivity contribution in [3.63, 3.8) is 0 Å². The van der Waals surface area contributed by atoms with Crippen LogP contribution in [-0.2, 0) is 0 Å². The Kier molecular flexibility index (Phi) is 3.03. The molecule has 1 amide bonds. The average molecular weight is 181 g/mol. The molecule has 0 bridgehead atoms. The molecule has 0 aliphatic carbocycles. The van der Waals surface area contributed by atoms with Crippen molar-refractivity contribution in [1.82, 2.24) is 10.3 Å². The molecule has 1 aromatic heterocycles. The van der Waals surface area contributed by atoms with Crippen molar-refractivity contribution in [3.8, 4) is 6.07 Å². The number of nitriles is 1. The normalized spacial score (nSPS) is 9.23. The van der Waals surface area contributed by atoms with Gasteiger partial charge in [-0.05, 0) is 6.07 Å². The van der Waals surface area contributed by atoms with Crippen molar-refractivity contribution in [2.45, 2.75) is 0 Å². The number of aromatic amines is 1. The highest BCUT2D eigenvalue weighted by atomic mass is 19.1. The van der Waals surface area contributed by atoms with Crippen molar-refractivity contribution in [2.24, 2.45) is 0 Å². The summed E-state index contributed by atoms with van der Waals surface area (Å²) >= 11 is 0. The number of rotatable bonds is 3. The maximum absolute atomic E-state index is 11.7. The second-order valence-corrected chi connectivity index (χ2v) is 2.36. The molecule has 0 saturated carbocycles. The Balaban J connectivity index is 2.62. The van der Waals surface area contributed by atoms with Crippen LogP contribution in [0.1, 0.15) is 16.1 Å². The van der Waals surface area contributed by atoms with E-state index < -0.39 is 12.6 Å². The molecule has 13 heavy (non-hydrogen) atoms. The largest absolute Gasteiger partial charge is 0.356 e. The third-order valence-electron chi connectivity index (χ3n) is 1.44. The molecule has 0 aliphatic heterocycles. The predicted molar refractivity (Wildman–Crippen MR) is 43.8 cm³/mol. The molecule has 1 rings (SSSR count). The van der Waals surface area contributed by atoms with E-state index in [0.717, 1.165) is 0 Å². The molecule has 1 aromatic rings. The standard InChI is InChI=1S/C8H8FN3O/c9-1-2-11-8(13)7-3-6(4-10)5-12-7/h3,5,12H,1-2H2,(H,11,13). The number of nitrogens with one attached hydrogen (secondary N) is 2. The fourth-order valence-electron chi connectivity index (χ4n) is 0.846. The van der Waals surface area contributed by atoms with Gasteiger partial charge in [-0.1, -0.05) is 0 Å². The summed E-state index contributed by atoms with van der Waals surface area (Å²) in [6.45, 7) is -0.614. The molecule has 4 nitrogen and oxygen atoms in total. The summed E-state index contributed by atoms with van der Waals surface area (Å²) in [5.74, 6) is -0.404. The number of H-pyrrole nitrogens is 1. The summed E-state index contributed by atoms with van der Waals surface area (Å²) in [7, 11) is 0. The van der Waals surface area contributed by atoms with Crippen LogP contribution in [-0.4, -0.2) is 24.1 Å². The van der Waals surface area contributed by atoms with Gasteiger partial charge in [0.25, 0.3) is 5.91 Å². The highest BCUT2D eigenvalue weighted by molar-refractivity contribution is 5.92. The zero-order chi connectivity index (χ0) is 9.68. The second kappa shape index (κ2) is 4.26. The molecular formula is C8H8FN3O. The number of aromatic nitrogens is 1. The third-order valence-corrected chi connectivity index (χ3v) is 1.44. The number of alkyl halides is 1. The minimum atomic E-state index is -0.600. The Labute approximate surface area is 74.4 Å². The van der Waals surface area contributed by atoms with E-state index in [9.17, 15) is 9.18 Å². The average Bonchev–Trinajstić information content (AvgIpc) is 2.62. The molecule has 0 spiro atoms. The molecule has 0 unspecified atom stereocenters. The lowest BCUT2D eigenvalue weighted by molar-refractivity contribution is 0.0946. The number of carbonyl (C=O) groups excluding carboxylic acids is 1. The predicted octanol–water partition coefficient (Wildman–Crippen LogP) is 0.586. The first-order valence-corrected chi connectivity index (χ1v) is 3.70. The molecule has 0 radical (unpaired) electrons. The summed E-state index contributed by atoms with van der Waals surface area (Å²) in [5.41, 5.74) is 0.649. The number of carbonyl (C=O) groups is 1. The van der Waals surface area contributed by atoms with Crippen molar-refractivity contribution in [2.75, 3.05) is 13.2 Å². The van der Waals surface area contributed by atoms with E-state index in [1.54, 1.807) is 0 Å². The summed E-state index contributed by atoms with van der Waals surface area (Å²) in [6, 6.07) is 3.28. The molecule has 0 fully saturated rings. The molecule has 0 saturated heterocycles. The van der Waals surface area contributed by atoms with Gasteiger partial charge in [-0.15, -0.1) is 0 Å². The molecule has 68 valence electrons. The fourth-order valence-corrected chi connectivity index (χ4v) is 0.846. The van der Waals surface area contributed by atoms with Crippen LogP contribution in [0.2, 0.25) is 0 Å². The van der Waals surface area contributed by atoms with Gasteiger partial charge < -0.3 is 10.3 Å². The van der Waals surface area contributed by atoms with Crippen LogP contribution in [0.3, 0.4) is 0 Å². The molecular weight excluding hydrogens is 173 g/mol. The maximum atomic E-state index is 11.7. The van der Waals surface area contributed by atoms with Crippen molar-refractivity contribution < 1.29 is 9.18 Å². The van der Waals surface area contributed by atoms with E-state index in [2.05, 4.69) is 10.3 Å². The Morgan fingerprint density at radius 1 is 1.77 bits per heavy atom. The number of hydrogen-bond acceptors (Lipinski definition) is 2. The molecule has 1 heterocycles. The Bertz CT molecular complexity index is 339. The zero-order valence-corrected chi connectivity index (χ0v) is 6.80. The minimum Gasteiger partial charge on any atom is -0.356 e. The Hall–Kier alpha value is -1.83. The van der Waals surface area contributed by atoms with Gasteiger partial charge in [0.2, 0.25) is 0 Å². The first kappa shape index (κ1) is 9.26. The topological polar surface area (TPSA) is 68.7 Å². The maximum Gasteiger partial charge on any atom is 0.267 e. The van der Waals surface area contributed by atoms with Crippen molar-refractivity contribution in [1.29, 1.82) is 5.26 Å². The Morgan fingerprint density at radius 3 is 3.08 bits per heavy atom. The zero-order valence-electron chi connectivity index (χ0n) is 6.80.